The van der Waals surface area contributed by atoms with E-state index in [2.05, 4.69) is 27.9 Å². The molecule has 2 N–H and O–H groups in total. The molecule has 0 radical (unpaired) electrons. The third-order valence-electron chi connectivity index (χ3n) is 2.14. The molecule has 1 unspecified atom stereocenters. The van der Waals surface area contributed by atoms with E-state index in [0.29, 0.717) is 12.0 Å². The van der Waals surface area contributed by atoms with Crippen LogP contribution in [0.5, 0.6) is 0 Å². The zero-order chi connectivity index (χ0) is 13.0. The summed E-state index contributed by atoms with van der Waals surface area (Å²) in [5, 5.41) is 13.3. The van der Waals surface area contributed by atoms with Gasteiger partial charge < -0.3 is 10.4 Å². The molecule has 1 heterocycles. The average Bonchev–Trinajstić information content (AvgIpc) is 2.63. The Morgan fingerprint density at radius 2 is 2.18 bits per heavy atom. The first-order chi connectivity index (χ1) is 7.90. The highest BCUT2D eigenvalue weighted by Crippen LogP contribution is 2.17. The van der Waals surface area contributed by atoms with Gasteiger partial charge in [-0.25, -0.2) is 4.79 Å². The lowest BCUT2D eigenvalue weighted by Gasteiger charge is -2.15. The smallest absolute Gasteiger partial charge is 0.326 e. The van der Waals surface area contributed by atoms with Gasteiger partial charge in [0.2, 0.25) is 0 Å². The van der Waals surface area contributed by atoms with E-state index in [1.807, 2.05) is 13.8 Å². The second kappa shape index (κ2) is 6.34. The Kier molecular flexibility index (Phi) is 5.38. The van der Waals surface area contributed by atoms with E-state index in [0.717, 1.165) is 2.88 Å². The normalized spacial score (nSPS) is 12.5. The predicted octanol–water partition coefficient (Wildman–Crippen LogP) is 2.58. The van der Waals surface area contributed by atoms with Crippen molar-refractivity contribution in [1.82, 2.24) is 5.32 Å². The number of carboxylic acids is 1. The summed E-state index contributed by atoms with van der Waals surface area (Å²) >= 11 is 3.58. The van der Waals surface area contributed by atoms with Gasteiger partial charge in [-0.15, -0.1) is 11.3 Å². The fraction of sp³-hybridized carbons (Fsp3) is 0.455. The van der Waals surface area contributed by atoms with Crippen molar-refractivity contribution in [2.45, 2.75) is 26.3 Å². The summed E-state index contributed by atoms with van der Waals surface area (Å²) in [6.07, 6.45) is 0.433. The molecule has 0 saturated heterocycles. The molecule has 0 saturated carbocycles. The number of nitrogens with one attached hydrogen (secondary N) is 1. The van der Waals surface area contributed by atoms with E-state index in [9.17, 15) is 9.59 Å². The van der Waals surface area contributed by atoms with Gasteiger partial charge in [-0.3, -0.25) is 4.79 Å². The number of rotatable bonds is 5. The SMILES string of the molecule is CC(C)CC(NC(=O)c1csc(I)c1)C(=O)O. The first-order valence-electron chi connectivity index (χ1n) is 5.18. The highest BCUT2D eigenvalue weighted by molar-refractivity contribution is 14.1. The van der Waals surface area contributed by atoms with E-state index in [-0.39, 0.29) is 11.8 Å². The van der Waals surface area contributed by atoms with Gasteiger partial charge in [0.25, 0.3) is 5.91 Å². The van der Waals surface area contributed by atoms with Gasteiger partial charge in [-0.2, -0.15) is 0 Å². The van der Waals surface area contributed by atoms with E-state index in [1.165, 1.54) is 11.3 Å². The van der Waals surface area contributed by atoms with Gasteiger partial charge >= 0.3 is 5.97 Å². The monoisotopic (exact) mass is 367 g/mol. The highest BCUT2D eigenvalue weighted by atomic mass is 127. The molecule has 94 valence electrons. The van der Waals surface area contributed by atoms with Gasteiger partial charge in [0.15, 0.2) is 0 Å². The first-order valence-corrected chi connectivity index (χ1v) is 7.13. The van der Waals surface area contributed by atoms with Crippen LogP contribution < -0.4 is 5.32 Å². The fourth-order valence-electron chi connectivity index (χ4n) is 1.36. The number of thiophene rings is 1. The molecule has 0 fully saturated rings. The Hall–Kier alpha value is -0.630. The van der Waals surface area contributed by atoms with E-state index in [1.54, 1.807) is 11.4 Å². The zero-order valence-corrected chi connectivity index (χ0v) is 12.5. The number of carboxylic acid groups (broad SMARTS) is 1. The standard InChI is InChI=1S/C11H14INO3S/c1-6(2)3-8(11(15)16)13-10(14)7-4-9(12)17-5-7/h4-6,8H,3H2,1-2H3,(H,13,14)(H,15,16). The van der Waals surface area contributed by atoms with Crippen molar-refractivity contribution in [3.8, 4) is 0 Å². The molecule has 6 heteroatoms. The van der Waals surface area contributed by atoms with E-state index < -0.39 is 12.0 Å². The molecule has 0 spiro atoms. The lowest BCUT2D eigenvalue weighted by Crippen LogP contribution is -2.41. The molecule has 0 aromatic carbocycles. The number of carbonyl (C=O) groups is 2. The molecular formula is C11H14INO3S. The Labute approximate surface area is 118 Å². The van der Waals surface area contributed by atoms with Crippen LogP contribution in [0.4, 0.5) is 0 Å². The lowest BCUT2D eigenvalue weighted by atomic mass is 10.0. The van der Waals surface area contributed by atoms with E-state index in [4.69, 9.17) is 5.11 Å². The van der Waals surface area contributed by atoms with Crippen LogP contribution >= 0.6 is 33.9 Å². The summed E-state index contributed by atoms with van der Waals surface area (Å²) in [5.74, 6) is -1.09. The molecule has 0 bridgehead atoms. The van der Waals surface area contributed by atoms with Crippen LogP contribution in [0.1, 0.15) is 30.6 Å². The number of hydrogen-bond acceptors (Lipinski definition) is 3. The van der Waals surface area contributed by atoms with Crippen molar-refractivity contribution in [3.63, 3.8) is 0 Å². The third-order valence-corrected chi connectivity index (χ3v) is 3.93. The van der Waals surface area contributed by atoms with Crippen LogP contribution in [-0.4, -0.2) is 23.0 Å². The second-order valence-electron chi connectivity index (χ2n) is 4.13. The topological polar surface area (TPSA) is 66.4 Å². The summed E-state index contributed by atoms with van der Waals surface area (Å²) in [6.45, 7) is 3.85. The van der Waals surface area contributed by atoms with Crippen molar-refractivity contribution in [2.75, 3.05) is 0 Å². The van der Waals surface area contributed by atoms with Crippen molar-refractivity contribution < 1.29 is 14.7 Å². The quantitative estimate of drug-likeness (QED) is 0.787. The van der Waals surface area contributed by atoms with Crippen molar-refractivity contribution in [1.29, 1.82) is 0 Å². The minimum atomic E-state index is -0.989. The predicted molar refractivity (Wildman–Crippen MR) is 75.4 cm³/mol. The summed E-state index contributed by atoms with van der Waals surface area (Å²) in [7, 11) is 0. The lowest BCUT2D eigenvalue weighted by molar-refractivity contribution is -0.139. The Bertz CT molecular complexity index is 417. The van der Waals surface area contributed by atoms with Crippen LogP contribution in [0.3, 0.4) is 0 Å². The zero-order valence-electron chi connectivity index (χ0n) is 9.57. The summed E-state index contributed by atoms with van der Waals surface area (Å²) in [4.78, 5) is 22.8. The molecule has 1 aromatic heterocycles. The van der Waals surface area contributed by atoms with Gasteiger partial charge in [0.1, 0.15) is 6.04 Å². The second-order valence-corrected chi connectivity index (χ2v) is 6.94. The van der Waals surface area contributed by atoms with Crippen molar-refractivity contribution in [3.05, 3.63) is 19.9 Å². The molecule has 1 atom stereocenters. The molecule has 0 aliphatic carbocycles. The van der Waals surface area contributed by atoms with Crippen LogP contribution in [0.25, 0.3) is 0 Å². The van der Waals surface area contributed by atoms with Crippen LogP contribution in [0.15, 0.2) is 11.4 Å². The minimum Gasteiger partial charge on any atom is -0.480 e. The van der Waals surface area contributed by atoms with Gasteiger partial charge in [0, 0.05) is 5.38 Å². The molecule has 17 heavy (non-hydrogen) atoms. The summed E-state index contributed by atoms with van der Waals surface area (Å²) < 4.78 is 1.00. The molecule has 1 aromatic rings. The van der Waals surface area contributed by atoms with Crippen molar-refractivity contribution in [2.24, 2.45) is 5.92 Å². The number of aliphatic carboxylic acids is 1. The number of hydrogen-bond donors (Lipinski definition) is 2. The third kappa shape index (κ3) is 4.63. The molecule has 0 aliphatic heterocycles. The average molecular weight is 367 g/mol. The molecule has 0 aliphatic rings. The number of halogens is 1. The minimum absolute atomic E-state index is 0.221. The Morgan fingerprint density at radius 1 is 1.53 bits per heavy atom. The maximum atomic E-state index is 11.8. The summed E-state index contributed by atoms with van der Waals surface area (Å²) in [6, 6.07) is 0.925. The Morgan fingerprint density at radius 3 is 2.59 bits per heavy atom. The molecule has 1 amide bonds. The number of amides is 1. The van der Waals surface area contributed by atoms with E-state index >= 15 is 0 Å². The van der Waals surface area contributed by atoms with Crippen LogP contribution in [-0.2, 0) is 4.79 Å². The van der Waals surface area contributed by atoms with Gasteiger partial charge in [-0.05, 0) is 41.0 Å². The van der Waals surface area contributed by atoms with Crippen molar-refractivity contribution >= 4 is 45.8 Å². The fourth-order valence-corrected chi connectivity index (χ4v) is 2.69. The van der Waals surface area contributed by atoms with Gasteiger partial charge in [-0.1, -0.05) is 13.8 Å². The number of carbonyl (C=O) groups excluding carboxylic acids is 1. The largest absolute Gasteiger partial charge is 0.480 e. The Balaban J connectivity index is 2.67. The van der Waals surface area contributed by atoms with Gasteiger partial charge in [0.05, 0.1) is 8.45 Å². The first kappa shape index (κ1) is 14.4. The highest BCUT2D eigenvalue weighted by Gasteiger charge is 2.22. The van der Waals surface area contributed by atoms with Crippen LogP contribution in [0, 0.1) is 8.80 Å². The molecule has 1 rings (SSSR count). The summed E-state index contributed by atoms with van der Waals surface area (Å²) in [5.41, 5.74) is 0.523. The van der Waals surface area contributed by atoms with Crippen LogP contribution in [0.2, 0.25) is 0 Å². The maximum absolute atomic E-state index is 11.8. The molecule has 4 nitrogen and oxygen atoms in total. The molecular weight excluding hydrogens is 353 g/mol. The maximum Gasteiger partial charge on any atom is 0.326 e.